The molecule has 1 N–H and O–H groups in total. The lowest BCUT2D eigenvalue weighted by molar-refractivity contribution is -0.140. The minimum absolute atomic E-state index is 0.00383. The molecule has 0 aliphatic rings. The number of hydrogen-bond acceptors (Lipinski definition) is 2. The first-order chi connectivity index (χ1) is 16.0. The van der Waals surface area contributed by atoms with E-state index in [4.69, 9.17) is 11.6 Å². The number of halogens is 2. The van der Waals surface area contributed by atoms with E-state index in [9.17, 15) is 14.0 Å². The third kappa shape index (κ3) is 7.16. The molecule has 3 aromatic rings. The van der Waals surface area contributed by atoms with Crippen molar-refractivity contribution in [2.75, 3.05) is 6.54 Å². The van der Waals surface area contributed by atoms with Gasteiger partial charge in [-0.1, -0.05) is 79.2 Å². The first-order valence-electron chi connectivity index (χ1n) is 11.1. The quantitative estimate of drug-likeness (QED) is 0.447. The maximum absolute atomic E-state index is 14.5. The molecule has 1 unspecified atom stereocenters. The van der Waals surface area contributed by atoms with Crippen LogP contribution in [0.1, 0.15) is 30.0 Å². The van der Waals surface area contributed by atoms with Crippen LogP contribution in [0.4, 0.5) is 4.39 Å². The van der Waals surface area contributed by atoms with E-state index in [0.29, 0.717) is 23.6 Å². The van der Waals surface area contributed by atoms with Gasteiger partial charge in [0.05, 0.1) is 6.42 Å². The maximum atomic E-state index is 14.5. The van der Waals surface area contributed by atoms with Crippen LogP contribution in [0.25, 0.3) is 0 Å². The van der Waals surface area contributed by atoms with E-state index in [1.54, 1.807) is 42.5 Å². The summed E-state index contributed by atoms with van der Waals surface area (Å²) in [7, 11) is 0. The average Bonchev–Trinajstić information content (AvgIpc) is 2.83. The minimum atomic E-state index is -0.779. The second kappa shape index (κ2) is 12.2. The lowest BCUT2D eigenvalue weighted by Crippen LogP contribution is -2.51. The molecular weight excluding hydrogens is 439 g/mol. The Kier molecular flexibility index (Phi) is 9.02. The highest BCUT2D eigenvalue weighted by atomic mass is 35.5. The van der Waals surface area contributed by atoms with Gasteiger partial charge in [0, 0.05) is 30.1 Å². The van der Waals surface area contributed by atoms with Crippen LogP contribution in [0.15, 0.2) is 78.9 Å². The summed E-state index contributed by atoms with van der Waals surface area (Å²) in [6, 6.07) is 22.1. The van der Waals surface area contributed by atoms with Crippen molar-refractivity contribution in [3.05, 3.63) is 106 Å². The number of benzene rings is 3. The molecular formula is C27H28ClFN2O2. The van der Waals surface area contributed by atoms with E-state index in [2.05, 4.69) is 5.32 Å². The van der Waals surface area contributed by atoms with E-state index < -0.39 is 11.9 Å². The Morgan fingerprint density at radius 3 is 2.27 bits per heavy atom. The van der Waals surface area contributed by atoms with Crippen molar-refractivity contribution in [1.82, 2.24) is 10.2 Å². The molecule has 0 saturated carbocycles. The van der Waals surface area contributed by atoms with Crippen LogP contribution in [0.5, 0.6) is 0 Å². The molecule has 172 valence electrons. The molecule has 0 radical (unpaired) electrons. The van der Waals surface area contributed by atoms with Crippen LogP contribution >= 0.6 is 11.6 Å². The number of nitrogens with zero attached hydrogens (tertiary/aromatic N) is 1. The Morgan fingerprint density at radius 1 is 0.939 bits per heavy atom. The number of carbonyl (C=O) groups is 2. The third-order valence-corrected chi connectivity index (χ3v) is 5.64. The fraction of sp³-hybridized carbons (Fsp3) is 0.259. The molecule has 0 fully saturated rings. The van der Waals surface area contributed by atoms with E-state index >= 15 is 0 Å². The van der Waals surface area contributed by atoms with Gasteiger partial charge in [-0.15, -0.1) is 0 Å². The highest BCUT2D eigenvalue weighted by molar-refractivity contribution is 6.30. The van der Waals surface area contributed by atoms with Gasteiger partial charge in [-0.05, 0) is 35.7 Å². The number of nitrogens with one attached hydrogen (secondary N) is 1. The van der Waals surface area contributed by atoms with Crippen molar-refractivity contribution in [2.45, 2.75) is 38.8 Å². The first kappa shape index (κ1) is 24.5. The molecule has 0 bridgehead atoms. The highest BCUT2D eigenvalue weighted by Gasteiger charge is 2.30. The summed E-state index contributed by atoms with van der Waals surface area (Å²) in [5, 5.41) is 3.49. The Morgan fingerprint density at radius 2 is 1.61 bits per heavy atom. The van der Waals surface area contributed by atoms with Gasteiger partial charge in [0.15, 0.2) is 0 Å². The summed E-state index contributed by atoms with van der Waals surface area (Å²) in [4.78, 5) is 28.2. The van der Waals surface area contributed by atoms with Crippen molar-refractivity contribution in [3.8, 4) is 0 Å². The van der Waals surface area contributed by atoms with Crippen LogP contribution in [0.2, 0.25) is 5.02 Å². The monoisotopic (exact) mass is 466 g/mol. The minimum Gasteiger partial charge on any atom is -0.354 e. The fourth-order valence-electron chi connectivity index (χ4n) is 3.61. The van der Waals surface area contributed by atoms with Gasteiger partial charge in [-0.3, -0.25) is 9.59 Å². The van der Waals surface area contributed by atoms with Crippen molar-refractivity contribution < 1.29 is 14.0 Å². The zero-order valence-corrected chi connectivity index (χ0v) is 19.4. The van der Waals surface area contributed by atoms with E-state index in [1.807, 2.05) is 37.3 Å². The predicted molar refractivity (Wildman–Crippen MR) is 129 cm³/mol. The SMILES string of the molecule is CCCNC(=O)C(Cc1ccccc1)N(Cc1ccccc1F)C(=O)Cc1ccc(Cl)cc1. The third-order valence-electron chi connectivity index (χ3n) is 5.39. The van der Waals surface area contributed by atoms with Gasteiger partial charge < -0.3 is 10.2 Å². The highest BCUT2D eigenvalue weighted by Crippen LogP contribution is 2.19. The molecule has 2 amide bonds. The zero-order chi connectivity index (χ0) is 23.6. The van der Waals surface area contributed by atoms with Crippen molar-refractivity contribution in [2.24, 2.45) is 0 Å². The van der Waals surface area contributed by atoms with Gasteiger partial charge in [-0.2, -0.15) is 0 Å². The van der Waals surface area contributed by atoms with Crippen LogP contribution in [-0.4, -0.2) is 29.3 Å². The molecule has 33 heavy (non-hydrogen) atoms. The second-order valence-corrected chi connectivity index (χ2v) is 8.35. The molecule has 4 nitrogen and oxygen atoms in total. The summed E-state index contributed by atoms with van der Waals surface area (Å²) >= 11 is 5.98. The van der Waals surface area contributed by atoms with Crippen LogP contribution in [0, 0.1) is 5.82 Å². The number of amides is 2. The fourth-order valence-corrected chi connectivity index (χ4v) is 3.73. The topological polar surface area (TPSA) is 49.4 Å². The Bertz CT molecular complexity index is 1060. The maximum Gasteiger partial charge on any atom is 0.243 e. The van der Waals surface area contributed by atoms with Crippen molar-refractivity contribution in [1.29, 1.82) is 0 Å². The number of carbonyl (C=O) groups excluding carboxylic acids is 2. The summed E-state index contributed by atoms with van der Waals surface area (Å²) in [5.74, 6) is -0.913. The first-order valence-corrected chi connectivity index (χ1v) is 11.4. The number of hydrogen-bond donors (Lipinski definition) is 1. The number of rotatable bonds is 10. The van der Waals surface area contributed by atoms with Crippen LogP contribution in [0.3, 0.4) is 0 Å². The van der Waals surface area contributed by atoms with Gasteiger partial charge in [0.25, 0.3) is 0 Å². The molecule has 3 aromatic carbocycles. The molecule has 0 spiro atoms. The smallest absolute Gasteiger partial charge is 0.243 e. The molecule has 0 aromatic heterocycles. The second-order valence-electron chi connectivity index (χ2n) is 7.91. The average molecular weight is 467 g/mol. The molecule has 3 rings (SSSR count). The lowest BCUT2D eigenvalue weighted by Gasteiger charge is -2.32. The normalized spacial score (nSPS) is 11.6. The Hall–Kier alpha value is -3.18. The van der Waals surface area contributed by atoms with Gasteiger partial charge in [0.2, 0.25) is 11.8 Å². The lowest BCUT2D eigenvalue weighted by atomic mass is 10.0. The van der Waals surface area contributed by atoms with Crippen LogP contribution < -0.4 is 5.32 Å². The molecule has 0 heterocycles. The largest absolute Gasteiger partial charge is 0.354 e. The molecule has 0 saturated heterocycles. The summed E-state index contributed by atoms with van der Waals surface area (Å²) in [5.41, 5.74) is 2.06. The van der Waals surface area contributed by atoms with Gasteiger partial charge in [0.1, 0.15) is 11.9 Å². The van der Waals surface area contributed by atoms with Crippen molar-refractivity contribution >= 4 is 23.4 Å². The molecule has 6 heteroatoms. The Labute approximate surface area is 199 Å². The van der Waals surface area contributed by atoms with Crippen LogP contribution in [-0.2, 0) is 29.0 Å². The summed E-state index contributed by atoms with van der Waals surface area (Å²) in [6.07, 6.45) is 1.19. The predicted octanol–water partition coefficient (Wildman–Crippen LogP) is 5.19. The van der Waals surface area contributed by atoms with E-state index in [0.717, 1.165) is 17.5 Å². The zero-order valence-electron chi connectivity index (χ0n) is 18.6. The summed E-state index contributed by atoms with van der Waals surface area (Å²) < 4.78 is 14.5. The molecule has 0 aliphatic heterocycles. The molecule has 1 atom stereocenters. The van der Waals surface area contributed by atoms with E-state index in [-0.39, 0.29) is 24.8 Å². The van der Waals surface area contributed by atoms with Crippen molar-refractivity contribution in [3.63, 3.8) is 0 Å². The Balaban J connectivity index is 1.95. The molecule has 0 aliphatic carbocycles. The standard InChI is InChI=1S/C27H28ClFN2O2/c1-2-16-30-27(33)25(17-20-8-4-3-5-9-20)31(19-22-10-6-7-11-24(22)29)26(32)18-21-12-14-23(28)15-13-21/h3-15,25H,2,16-19H2,1H3,(H,30,33). The summed E-state index contributed by atoms with van der Waals surface area (Å²) in [6.45, 7) is 2.47. The van der Waals surface area contributed by atoms with E-state index in [1.165, 1.54) is 11.0 Å². The van der Waals surface area contributed by atoms with Gasteiger partial charge in [-0.25, -0.2) is 4.39 Å². The van der Waals surface area contributed by atoms with Gasteiger partial charge >= 0.3 is 0 Å².